The first-order valence-electron chi connectivity index (χ1n) is 13.2. The zero-order chi connectivity index (χ0) is 27.0. The van der Waals surface area contributed by atoms with Gasteiger partial charge in [-0.3, -0.25) is 4.90 Å². The van der Waals surface area contributed by atoms with Crippen molar-refractivity contribution in [3.8, 4) is 0 Å². The van der Waals surface area contributed by atoms with Crippen molar-refractivity contribution in [1.29, 1.82) is 0 Å². The van der Waals surface area contributed by atoms with Gasteiger partial charge < -0.3 is 20.2 Å². The van der Waals surface area contributed by atoms with Gasteiger partial charge in [-0.15, -0.1) is 0 Å². The molecule has 2 N–H and O–H groups in total. The smallest absolute Gasteiger partial charge is 0.322 e. The van der Waals surface area contributed by atoms with Gasteiger partial charge in [0, 0.05) is 56.2 Å². The van der Waals surface area contributed by atoms with Crippen LogP contribution in [0.2, 0.25) is 15.1 Å². The molecule has 2 aliphatic heterocycles. The van der Waals surface area contributed by atoms with E-state index < -0.39 is 0 Å². The molecule has 5 rings (SSSR count). The van der Waals surface area contributed by atoms with E-state index in [0.717, 1.165) is 43.2 Å². The van der Waals surface area contributed by atoms with Crippen LogP contribution in [-0.2, 0) is 0 Å². The fourth-order valence-corrected chi connectivity index (χ4v) is 7.32. The van der Waals surface area contributed by atoms with Gasteiger partial charge in [-0.2, -0.15) is 0 Å². The van der Waals surface area contributed by atoms with Crippen molar-refractivity contribution < 1.29 is 9.90 Å². The van der Waals surface area contributed by atoms with E-state index in [9.17, 15) is 9.90 Å². The summed E-state index contributed by atoms with van der Waals surface area (Å²) >= 11 is 20.0. The highest BCUT2D eigenvalue weighted by Gasteiger charge is 2.47. The SMILES string of the molecule is CN(C)CCN1CC(CO)C(C2=CC3C(CNC(=O)N3c3c(Cl)cccc3Cl)C(c3ccccc3Cl)C2)C1. The number of nitrogens with zero attached hydrogens (tertiary/aromatic N) is 3. The second kappa shape index (κ2) is 11.7. The van der Waals surface area contributed by atoms with Gasteiger partial charge >= 0.3 is 6.03 Å². The Kier molecular flexibility index (Phi) is 8.58. The van der Waals surface area contributed by atoms with E-state index in [1.165, 1.54) is 5.57 Å². The van der Waals surface area contributed by atoms with E-state index in [2.05, 4.69) is 41.4 Å². The zero-order valence-corrected chi connectivity index (χ0v) is 24.1. The number of amides is 2. The maximum absolute atomic E-state index is 13.4. The topological polar surface area (TPSA) is 59.1 Å². The Balaban J connectivity index is 1.57. The van der Waals surface area contributed by atoms with E-state index in [0.29, 0.717) is 22.3 Å². The molecule has 2 aromatic carbocycles. The van der Waals surface area contributed by atoms with Gasteiger partial charge in [-0.05, 0) is 56.1 Å². The third kappa shape index (κ3) is 5.45. The van der Waals surface area contributed by atoms with Crippen LogP contribution in [0.5, 0.6) is 0 Å². The van der Waals surface area contributed by atoms with E-state index >= 15 is 0 Å². The number of carbonyl (C=O) groups excluding carboxylic acids is 1. The maximum atomic E-state index is 13.4. The van der Waals surface area contributed by atoms with Crippen molar-refractivity contribution in [2.75, 3.05) is 58.3 Å². The number of urea groups is 1. The van der Waals surface area contributed by atoms with Crippen molar-refractivity contribution in [1.82, 2.24) is 15.1 Å². The molecule has 5 atom stereocenters. The lowest BCUT2D eigenvalue weighted by Gasteiger charge is -2.47. The number of aliphatic hydroxyl groups excluding tert-OH is 1. The first-order chi connectivity index (χ1) is 18.3. The number of halogens is 3. The molecule has 2 fully saturated rings. The van der Waals surface area contributed by atoms with Crippen LogP contribution in [0.25, 0.3) is 0 Å². The molecule has 5 unspecified atom stereocenters. The number of benzene rings is 2. The van der Waals surface area contributed by atoms with Crippen LogP contribution >= 0.6 is 34.8 Å². The highest BCUT2D eigenvalue weighted by Crippen LogP contribution is 2.49. The van der Waals surface area contributed by atoms with E-state index in [4.69, 9.17) is 34.8 Å². The number of hydrogen-bond acceptors (Lipinski definition) is 4. The van der Waals surface area contributed by atoms with Gasteiger partial charge in [-0.1, -0.05) is 70.7 Å². The van der Waals surface area contributed by atoms with Crippen molar-refractivity contribution in [3.05, 3.63) is 74.7 Å². The largest absolute Gasteiger partial charge is 0.396 e. The standard InChI is InChI=1S/C29H35Cl3N4O2/c1-34(2)10-11-35-15-19(17-37)23(16-35)18-12-21(20-6-3-4-7-24(20)30)22-14-33-29(38)36(27(22)13-18)28-25(31)8-5-9-26(28)32/h3-9,13,19,21-23,27,37H,10-12,14-17H2,1-2H3,(H,33,38). The molecule has 0 spiro atoms. The van der Waals surface area contributed by atoms with Crippen molar-refractivity contribution in [3.63, 3.8) is 0 Å². The van der Waals surface area contributed by atoms with Crippen molar-refractivity contribution >= 4 is 46.5 Å². The minimum atomic E-state index is -0.249. The minimum Gasteiger partial charge on any atom is -0.396 e. The summed E-state index contributed by atoms with van der Waals surface area (Å²) in [6.07, 6.45) is 3.09. The normalized spacial score (nSPS) is 27.9. The van der Waals surface area contributed by atoms with E-state index in [-0.39, 0.29) is 42.4 Å². The molecule has 0 radical (unpaired) electrons. The molecular formula is C29H35Cl3N4O2. The van der Waals surface area contributed by atoms with Crippen LogP contribution in [0.1, 0.15) is 17.9 Å². The molecule has 0 saturated carbocycles. The third-order valence-electron chi connectivity index (χ3n) is 8.38. The highest BCUT2D eigenvalue weighted by molar-refractivity contribution is 6.40. The average molecular weight is 578 g/mol. The number of anilines is 1. The Morgan fingerprint density at radius 2 is 1.71 bits per heavy atom. The first kappa shape index (κ1) is 27.8. The Hall–Kier alpha value is -1.80. The van der Waals surface area contributed by atoms with E-state index in [1.807, 2.05) is 18.2 Å². The fourth-order valence-electron chi connectivity index (χ4n) is 6.46. The molecular weight excluding hydrogens is 543 g/mol. The van der Waals surface area contributed by atoms with Crippen LogP contribution < -0.4 is 10.2 Å². The molecule has 204 valence electrons. The molecule has 2 amide bonds. The minimum absolute atomic E-state index is 0.0718. The molecule has 1 aliphatic carbocycles. The number of rotatable bonds is 7. The summed E-state index contributed by atoms with van der Waals surface area (Å²) in [6, 6.07) is 12.8. The molecule has 2 aromatic rings. The molecule has 38 heavy (non-hydrogen) atoms. The number of likely N-dealkylation sites (tertiary alicyclic amines) is 1. The van der Waals surface area contributed by atoms with Gasteiger partial charge in [0.05, 0.1) is 21.8 Å². The number of nitrogens with one attached hydrogen (secondary N) is 1. The number of para-hydroxylation sites is 1. The first-order valence-corrected chi connectivity index (χ1v) is 14.4. The predicted octanol–water partition coefficient (Wildman–Crippen LogP) is 5.38. The molecule has 0 aromatic heterocycles. The number of aliphatic hydroxyl groups is 1. The van der Waals surface area contributed by atoms with Gasteiger partial charge in [0.25, 0.3) is 0 Å². The summed E-state index contributed by atoms with van der Waals surface area (Å²) in [7, 11) is 4.16. The van der Waals surface area contributed by atoms with Crippen LogP contribution in [0.3, 0.4) is 0 Å². The Labute approximate surface area is 240 Å². The molecule has 2 heterocycles. The average Bonchev–Trinajstić information content (AvgIpc) is 3.32. The Morgan fingerprint density at radius 3 is 2.39 bits per heavy atom. The molecule has 6 nitrogen and oxygen atoms in total. The summed E-state index contributed by atoms with van der Waals surface area (Å²) in [5.41, 5.74) is 2.88. The van der Waals surface area contributed by atoms with Crippen LogP contribution in [0.15, 0.2) is 54.1 Å². The van der Waals surface area contributed by atoms with Crippen LogP contribution in [0.4, 0.5) is 10.5 Å². The zero-order valence-electron chi connectivity index (χ0n) is 21.8. The molecule has 0 bridgehead atoms. The second-order valence-electron chi connectivity index (χ2n) is 11.0. The summed E-state index contributed by atoms with van der Waals surface area (Å²) in [6.45, 7) is 4.33. The summed E-state index contributed by atoms with van der Waals surface area (Å²) in [5.74, 6) is 0.499. The lowest BCUT2D eigenvalue weighted by molar-refractivity contribution is 0.200. The second-order valence-corrected chi connectivity index (χ2v) is 12.2. The van der Waals surface area contributed by atoms with E-state index in [1.54, 1.807) is 23.1 Å². The monoisotopic (exact) mass is 576 g/mol. The number of carbonyl (C=O) groups is 1. The van der Waals surface area contributed by atoms with Gasteiger partial charge in [0.15, 0.2) is 0 Å². The maximum Gasteiger partial charge on any atom is 0.322 e. The fraction of sp³-hybridized carbons (Fsp3) is 0.483. The van der Waals surface area contributed by atoms with Crippen molar-refractivity contribution in [2.24, 2.45) is 17.8 Å². The van der Waals surface area contributed by atoms with Crippen LogP contribution in [0, 0.1) is 17.8 Å². The quantitative estimate of drug-likeness (QED) is 0.434. The summed E-state index contributed by atoms with van der Waals surface area (Å²) in [5, 5.41) is 15.1. The van der Waals surface area contributed by atoms with Crippen LogP contribution in [-0.4, -0.2) is 80.4 Å². The molecule has 3 aliphatic rings. The number of likely N-dealkylation sites (N-methyl/N-ethyl adjacent to an activating group) is 1. The lowest BCUT2D eigenvalue weighted by atomic mass is 9.68. The number of hydrogen-bond donors (Lipinski definition) is 2. The lowest BCUT2D eigenvalue weighted by Crippen LogP contribution is -2.59. The highest BCUT2D eigenvalue weighted by atomic mass is 35.5. The summed E-state index contributed by atoms with van der Waals surface area (Å²) in [4.78, 5) is 19.8. The van der Waals surface area contributed by atoms with Gasteiger partial charge in [0.1, 0.15) is 0 Å². The van der Waals surface area contributed by atoms with Crippen molar-refractivity contribution in [2.45, 2.75) is 18.4 Å². The summed E-state index contributed by atoms with van der Waals surface area (Å²) < 4.78 is 0. The van der Waals surface area contributed by atoms with Gasteiger partial charge in [-0.25, -0.2) is 4.79 Å². The third-order valence-corrected chi connectivity index (χ3v) is 9.33. The predicted molar refractivity (Wildman–Crippen MR) is 156 cm³/mol. The van der Waals surface area contributed by atoms with Gasteiger partial charge in [0.2, 0.25) is 0 Å². The Morgan fingerprint density at radius 1 is 1.00 bits per heavy atom. The molecule has 2 saturated heterocycles. The number of fused-ring (bicyclic) bond motifs is 1. The Bertz CT molecular complexity index is 1190. The molecule has 9 heteroatoms.